The van der Waals surface area contributed by atoms with Crippen molar-refractivity contribution in [2.75, 3.05) is 0 Å². The lowest BCUT2D eigenvalue weighted by Gasteiger charge is -2.35. The Morgan fingerprint density at radius 3 is 2.21 bits per heavy atom. The molecule has 0 nitrogen and oxygen atoms in total. The van der Waals surface area contributed by atoms with E-state index in [0.29, 0.717) is 5.57 Å². The second-order valence-corrected chi connectivity index (χ2v) is 3.68. The van der Waals surface area contributed by atoms with Crippen LogP contribution >= 0.6 is 0 Å². The van der Waals surface area contributed by atoms with Crippen molar-refractivity contribution >= 4 is 0 Å². The molecule has 0 fully saturated rings. The van der Waals surface area contributed by atoms with Gasteiger partial charge in [0.1, 0.15) is 0 Å². The van der Waals surface area contributed by atoms with Gasteiger partial charge in [0.25, 0.3) is 5.92 Å². The minimum absolute atomic E-state index is 0.333. The van der Waals surface area contributed by atoms with Gasteiger partial charge in [-0.25, -0.2) is 8.78 Å². The van der Waals surface area contributed by atoms with Crippen molar-refractivity contribution in [3.05, 3.63) is 37.0 Å². The first-order chi connectivity index (χ1) is 6.31. The van der Waals surface area contributed by atoms with Crippen LogP contribution in [0.1, 0.15) is 27.2 Å². The SMILES string of the molecule is C=CCC(F)(F)C(C)(C=CC)C(=C)C. The first kappa shape index (κ1) is 13.1. The van der Waals surface area contributed by atoms with Gasteiger partial charge >= 0.3 is 0 Å². The minimum atomic E-state index is -2.83. The molecule has 0 rings (SSSR count). The molecule has 0 N–H and O–H groups in total. The molecule has 80 valence electrons. The molecule has 0 spiro atoms. The van der Waals surface area contributed by atoms with Crippen LogP contribution in [0.5, 0.6) is 0 Å². The van der Waals surface area contributed by atoms with E-state index >= 15 is 0 Å². The van der Waals surface area contributed by atoms with Crippen LogP contribution in [0.3, 0.4) is 0 Å². The van der Waals surface area contributed by atoms with E-state index in [9.17, 15) is 8.78 Å². The number of alkyl halides is 2. The standard InChI is InChI=1S/C12H18F2/c1-6-8-11(5,10(3)4)12(13,14)9-7-2/h6-8H,2-3,9H2,1,4-5H3. The Labute approximate surface area is 85.0 Å². The van der Waals surface area contributed by atoms with E-state index in [2.05, 4.69) is 13.2 Å². The average molecular weight is 200 g/mol. The van der Waals surface area contributed by atoms with Crippen molar-refractivity contribution < 1.29 is 8.78 Å². The summed E-state index contributed by atoms with van der Waals surface area (Å²) in [7, 11) is 0. The highest BCUT2D eigenvalue weighted by Crippen LogP contribution is 2.45. The Kier molecular flexibility index (Phi) is 4.24. The summed E-state index contributed by atoms with van der Waals surface area (Å²) in [5, 5.41) is 0. The molecule has 0 saturated carbocycles. The van der Waals surface area contributed by atoms with Crippen LogP contribution in [0, 0.1) is 5.41 Å². The number of rotatable bonds is 5. The van der Waals surface area contributed by atoms with Crippen molar-refractivity contribution in [1.29, 1.82) is 0 Å². The molecule has 14 heavy (non-hydrogen) atoms. The smallest absolute Gasteiger partial charge is 0.205 e. The number of halogens is 2. The van der Waals surface area contributed by atoms with Crippen LogP contribution in [0.2, 0.25) is 0 Å². The molecule has 0 aliphatic carbocycles. The summed E-state index contributed by atoms with van der Waals surface area (Å²) in [5.41, 5.74) is -0.821. The van der Waals surface area contributed by atoms with E-state index in [1.807, 2.05) is 0 Å². The largest absolute Gasteiger partial charge is 0.263 e. The average Bonchev–Trinajstić information content (AvgIpc) is 2.03. The van der Waals surface area contributed by atoms with Gasteiger partial charge in [-0.05, 0) is 20.8 Å². The molecular formula is C12H18F2. The molecule has 0 bridgehead atoms. The molecule has 0 heterocycles. The lowest BCUT2D eigenvalue weighted by Crippen LogP contribution is -2.37. The van der Waals surface area contributed by atoms with Gasteiger partial charge in [-0.3, -0.25) is 0 Å². The van der Waals surface area contributed by atoms with Crippen LogP contribution in [0.15, 0.2) is 37.0 Å². The first-order valence-corrected chi connectivity index (χ1v) is 4.60. The second kappa shape index (κ2) is 4.54. The molecule has 1 unspecified atom stereocenters. The summed E-state index contributed by atoms with van der Waals surface area (Å²) < 4.78 is 27.5. The van der Waals surface area contributed by atoms with Gasteiger partial charge in [-0.15, -0.1) is 6.58 Å². The fourth-order valence-electron chi connectivity index (χ4n) is 1.30. The monoisotopic (exact) mass is 200 g/mol. The van der Waals surface area contributed by atoms with E-state index in [4.69, 9.17) is 0 Å². The van der Waals surface area contributed by atoms with E-state index in [-0.39, 0.29) is 6.42 Å². The van der Waals surface area contributed by atoms with E-state index in [0.717, 1.165) is 0 Å². The molecule has 0 aromatic heterocycles. The zero-order valence-electron chi connectivity index (χ0n) is 9.11. The molecule has 0 amide bonds. The molecule has 0 aliphatic rings. The van der Waals surface area contributed by atoms with Crippen LogP contribution < -0.4 is 0 Å². The van der Waals surface area contributed by atoms with Gasteiger partial charge in [0.05, 0.1) is 5.41 Å². The third-order valence-electron chi connectivity index (χ3n) is 2.55. The summed E-state index contributed by atoms with van der Waals surface area (Å²) in [6.07, 6.45) is 4.04. The van der Waals surface area contributed by atoms with E-state index < -0.39 is 11.3 Å². The Hall–Kier alpha value is -0.920. The molecule has 0 saturated heterocycles. The third kappa shape index (κ3) is 2.31. The van der Waals surface area contributed by atoms with Crippen LogP contribution in [0.4, 0.5) is 8.78 Å². The summed E-state index contributed by atoms with van der Waals surface area (Å²) in [5.74, 6) is -2.83. The molecule has 0 aliphatic heterocycles. The number of hydrogen-bond acceptors (Lipinski definition) is 0. The van der Waals surface area contributed by atoms with Crippen molar-refractivity contribution in [2.45, 2.75) is 33.1 Å². The van der Waals surface area contributed by atoms with Gasteiger partial charge < -0.3 is 0 Å². The zero-order chi connectivity index (χ0) is 11.4. The van der Waals surface area contributed by atoms with Crippen LogP contribution in [0.25, 0.3) is 0 Å². The van der Waals surface area contributed by atoms with Crippen molar-refractivity contribution in [3.8, 4) is 0 Å². The minimum Gasteiger partial charge on any atom is -0.205 e. The quantitative estimate of drug-likeness (QED) is 0.578. The topological polar surface area (TPSA) is 0 Å². The van der Waals surface area contributed by atoms with Gasteiger partial charge in [0.2, 0.25) is 0 Å². The summed E-state index contributed by atoms with van der Waals surface area (Å²) in [6.45, 7) is 11.8. The van der Waals surface area contributed by atoms with Gasteiger partial charge in [0.15, 0.2) is 0 Å². The highest BCUT2D eigenvalue weighted by Gasteiger charge is 2.47. The normalized spacial score (nSPS) is 16.6. The highest BCUT2D eigenvalue weighted by molar-refractivity contribution is 5.21. The predicted molar refractivity (Wildman–Crippen MR) is 57.5 cm³/mol. The summed E-state index contributed by atoms with van der Waals surface area (Å²) in [4.78, 5) is 0. The molecular weight excluding hydrogens is 182 g/mol. The number of hydrogen-bond donors (Lipinski definition) is 0. The maximum absolute atomic E-state index is 13.7. The molecule has 1 atom stereocenters. The van der Waals surface area contributed by atoms with Gasteiger partial charge in [-0.1, -0.05) is 30.4 Å². The lowest BCUT2D eigenvalue weighted by molar-refractivity contribution is -0.0697. The fourth-order valence-corrected chi connectivity index (χ4v) is 1.30. The van der Waals surface area contributed by atoms with Crippen molar-refractivity contribution in [2.24, 2.45) is 5.41 Å². The van der Waals surface area contributed by atoms with Crippen LogP contribution in [-0.2, 0) is 0 Å². The molecule has 0 aromatic carbocycles. The zero-order valence-corrected chi connectivity index (χ0v) is 9.11. The van der Waals surface area contributed by atoms with Crippen molar-refractivity contribution in [3.63, 3.8) is 0 Å². The Balaban J connectivity index is 5.18. The second-order valence-electron chi connectivity index (χ2n) is 3.68. The van der Waals surface area contributed by atoms with Gasteiger partial charge in [-0.2, -0.15) is 0 Å². The Morgan fingerprint density at radius 1 is 1.43 bits per heavy atom. The van der Waals surface area contributed by atoms with Crippen molar-refractivity contribution in [1.82, 2.24) is 0 Å². The van der Waals surface area contributed by atoms with E-state index in [1.54, 1.807) is 19.9 Å². The molecule has 0 aromatic rings. The first-order valence-electron chi connectivity index (χ1n) is 4.60. The maximum atomic E-state index is 13.7. The molecule has 0 radical (unpaired) electrons. The molecule has 2 heteroatoms. The van der Waals surface area contributed by atoms with Crippen LogP contribution in [-0.4, -0.2) is 5.92 Å². The summed E-state index contributed by atoms with van der Waals surface area (Å²) >= 11 is 0. The fraction of sp³-hybridized carbons (Fsp3) is 0.500. The predicted octanol–water partition coefficient (Wildman–Crippen LogP) is 4.36. The van der Waals surface area contributed by atoms with E-state index in [1.165, 1.54) is 19.1 Å². The third-order valence-corrected chi connectivity index (χ3v) is 2.55. The highest BCUT2D eigenvalue weighted by atomic mass is 19.3. The maximum Gasteiger partial charge on any atom is 0.263 e. The lowest BCUT2D eigenvalue weighted by atomic mass is 9.76. The Morgan fingerprint density at radius 2 is 1.93 bits per heavy atom. The Bertz CT molecular complexity index is 251. The summed E-state index contributed by atoms with van der Waals surface area (Å²) in [6, 6.07) is 0. The number of allylic oxidation sites excluding steroid dienone is 4. The van der Waals surface area contributed by atoms with Gasteiger partial charge in [0, 0.05) is 6.42 Å².